The van der Waals surface area contributed by atoms with Crippen molar-refractivity contribution in [1.82, 2.24) is 25.4 Å². The van der Waals surface area contributed by atoms with Crippen molar-refractivity contribution in [2.24, 2.45) is 4.99 Å². The van der Waals surface area contributed by atoms with Crippen LogP contribution in [0.5, 0.6) is 0 Å². The molecule has 0 saturated heterocycles. The van der Waals surface area contributed by atoms with Crippen LogP contribution >= 0.6 is 35.3 Å². The Kier molecular flexibility index (Phi) is 8.73. The second-order valence-electron chi connectivity index (χ2n) is 5.99. The number of halogens is 1. The molecule has 1 atom stereocenters. The molecule has 0 spiro atoms. The molecule has 0 aliphatic heterocycles. The zero-order valence-corrected chi connectivity index (χ0v) is 18.6. The number of hydrogen-bond acceptors (Lipinski definition) is 4. The Bertz CT molecular complexity index is 816. The molecule has 27 heavy (non-hydrogen) atoms. The second kappa shape index (κ2) is 11.0. The van der Waals surface area contributed by atoms with Gasteiger partial charge in [0.1, 0.15) is 12.9 Å². The van der Waals surface area contributed by atoms with Crippen LogP contribution in [0.2, 0.25) is 0 Å². The number of guanidine groups is 1. The lowest BCUT2D eigenvalue weighted by atomic mass is 10.1. The van der Waals surface area contributed by atoms with Gasteiger partial charge in [0.25, 0.3) is 0 Å². The van der Waals surface area contributed by atoms with Gasteiger partial charge in [0.15, 0.2) is 11.8 Å². The van der Waals surface area contributed by atoms with Crippen molar-refractivity contribution in [2.75, 3.05) is 13.1 Å². The van der Waals surface area contributed by atoms with Crippen LogP contribution in [0.1, 0.15) is 31.2 Å². The number of para-hydroxylation sites is 1. The molecule has 6 nitrogen and oxygen atoms in total. The highest BCUT2D eigenvalue weighted by Gasteiger charge is 2.09. The fourth-order valence-electron chi connectivity index (χ4n) is 2.59. The summed E-state index contributed by atoms with van der Waals surface area (Å²) in [5, 5.41) is 19.3. The van der Waals surface area contributed by atoms with Gasteiger partial charge in [-0.15, -0.1) is 34.2 Å². The van der Waals surface area contributed by atoms with Crippen LogP contribution in [0.25, 0.3) is 5.69 Å². The molecule has 1 unspecified atom stereocenters. The molecule has 0 fully saturated rings. The Hall–Kier alpha value is -1.94. The molecule has 0 bridgehead atoms. The normalized spacial score (nSPS) is 12.3. The smallest absolute Gasteiger partial charge is 0.191 e. The quantitative estimate of drug-likeness (QED) is 0.297. The third kappa shape index (κ3) is 6.03. The van der Waals surface area contributed by atoms with Crippen LogP contribution in [0, 0.1) is 0 Å². The number of rotatable bonds is 7. The fraction of sp³-hybridized carbons (Fsp3) is 0.316. The molecule has 0 saturated carbocycles. The van der Waals surface area contributed by atoms with Gasteiger partial charge < -0.3 is 10.6 Å². The molecular weight excluding hydrogens is 471 g/mol. The van der Waals surface area contributed by atoms with Gasteiger partial charge in [-0.25, -0.2) is 4.99 Å². The van der Waals surface area contributed by atoms with Crippen molar-refractivity contribution in [1.29, 1.82) is 0 Å². The minimum Gasteiger partial charge on any atom is -0.357 e. The third-order valence-electron chi connectivity index (χ3n) is 4.06. The molecule has 144 valence electrons. The molecule has 2 aromatic heterocycles. The Morgan fingerprint density at radius 2 is 2.04 bits per heavy atom. The summed E-state index contributed by atoms with van der Waals surface area (Å²) in [6.45, 7) is 6.37. The average Bonchev–Trinajstić information content (AvgIpc) is 3.36. The van der Waals surface area contributed by atoms with E-state index in [-0.39, 0.29) is 24.0 Å². The first kappa shape index (κ1) is 21.4. The van der Waals surface area contributed by atoms with Crippen LogP contribution in [0.15, 0.2) is 58.5 Å². The summed E-state index contributed by atoms with van der Waals surface area (Å²) in [5.41, 5.74) is 2.38. The average molecular weight is 496 g/mol. The summed E-state index contributed by atoms with van der Waals surface area (Å²) >= 11 is 1.73. The number of thiophene rings is 1. The van der Waals surface area contributed by atoms with E-state index in [1.54, 1.807) is 17.7 Å². The van der Waals surface area contributed by atoms with Crippen LogP contribution < -0.4 is 10.6 Å². The number of aliphatic imine (C=N–C) groups is 1. The summed E-state index contributed by atoms with van der Waals surface area (Å²) < 4.78 is 1.96. The molecular formula is C19H25IN6S. The minimum atomic E-state index is 0. The van der Waals surface area contributed by atoms with Crippen molar-refractivity contribution in [3.8, 4) is 5.69 Å². The Morgan fingerprint density at radius 3 is 2.74 bits per heavy atom. The van der Waals surface area contributed by atoms with E-state index in [4.69, 9.17) is 0 Å². The molecule has 2 N–H and O–H groups in total. The molecule has 8 heteroatoms. The minimum absolute atomic E-state index is 0. The zero-order valence-electron chi connectivity index (χ0n) is 15.5. The lowest BCUT2D eigenvalue weighted by Gasteiger charge is -2.15. The molecule has 0 aliphatic rings. The highest BCUT2D eigenvalue weighted by molar-refractivity contribution is 14.0. The van der Waals surface area contributed by atoms with E-state index in [9.17, 15) is 0 Å². The van der Waals surface area contributed by atoms with Crippen LogP contribution in [-0.2, 0) is 6.54 Å². The molecule has 0 amide bonds. The van der Waals surface area contributed by atoms with Crippen LogP contribution in [-0.4, -0.2) is 33.8 Å². The van der Waals surface area contributed by atoms with E-state index in [1.807, 2.05) is 34.9 Å². The lowest BCUT2D eigenvalue weighted by molar-refractivity contribution is 0.699. The van der Waals surface area contributed by atoms with E-state index in [1.165, 1.54) is 5.56 Å². The highest BCUT2D eigenvalue weighted by atomic mass is 127. The standard InChI is InChI=1S/C19H24N6S.HI/c1-3-20-19(21-11-15(2)16-9-10-26-13-16)22-12-18-24-23-14-25(18)17-7-5-4-6-8-17;/h4-10,13-15H,3,11-12H2,1-2H3,(H2,20,21,22);1H. The topological polar surface area (TPSA) is 67.1 Å². The summed E-state index contributed by atoms with van der Waals surface area (Å²) in [5.74, 6) is 2.02. The van der Waals surface area contributed by atoms with E-state index in [2.05, 4.69) is 56.5 Å². The van der Waals surface area contributed by atoms with Gasteiger partial charge in [0, 0.05) is 18.8 Å². The van der Waals surface area contributed by atoms with Crippen LogP contribution in [0.4, 0.5) is 0 Å². The second-order valence-corrected chi connectivity index (χ2v) is 6.77. The monoisotopic (exact) mass is 496 g/mol. The van der Waals surface area contributed by atoms with E-state index in [0.29, 0.717) is 12.5 Å². The Labute approximate surface area is 181 Å². The summed E-state index contributed by atoms with van der Waals surface area (Å²) in [4.78, 5) is 4.67. The molecule has 3 rings (SSSR count). The van der Waals surface area contributed by atoms with E-state index in [0.717, 1.165) is 30.6 Å². The predicted octanol–water partition coefficient (Wildman–Crippen LogP) is 3.81. The molecule has 0 aliphatic carbocycles. The first-order valence-corrected chi connectivity index (χ1v) is 9.70. The lowest BCUT2D eigenvalue weighted by Crippen LogP contribution is -2.39. The number of nitrogens with one attached hydrogen (secondary N) is 2. The Balaban J connectivity index is 0.00000261. The molecule has 3 aromatic rings. The first-order chi connectivity index (χ1) is 12.8. The zero-order chi connectivity index (χ0) is 18.2. The molecule has 2 heterocycles. The van der Waals surface area contributed by atoms with Crippen molar-refractivity contribution in [3.63, 3.8) is 0 Å². The van der Waals surface area contributed by atoms with Gasteiger partial charge in [0.2, 0.25) is 0 Å². The van der Waals surface area contributed by atoms with Gasteiger partial charge in [-0.3, -0.25) is 4.57 Å². The van der Waals surface area contributed by atoms with Gasteiger partial charge >= 0.3 is 0 Å². The molecule has 1 aromatic carbocycles. The van der Waals surface area contributed by atoms with Crippen molar-refractivity contribution in [3.05, 3.63) is 64.9 Å². The van der Waals surface area contributed by atoms with Gasteiger partial charge in [-0.05, 0) is 47.4 Å². The molecule has 0 radical (unpaired) electrons. The van der Waals surface area contributed by atoms with Crippen molar-refractivity contribution in [2.45, 2.75) is 26.3 Å². The maximum atomic E-state index is 4.67. The van der Waals surface area contributed by atoms with Crippen molar-refractivity contribution < 1.29 is 0 Å². The number of nitrogens with zero attached hydrogens (tertiary/aromatic N) is 4. The van der Waals surface area contributed by atoms with E-state index < -0.39 is 0 Å². The number of hydrogen-bond donors (Lipinski definition) is 2. The summed E-state index contributed by atoms with van der Waals surface area (Å²) in [7, 11) is 0. The largest absolute Gasteiger partial charge is 0.357 e. The van der Waals surface area contributed by atoms with Gasteiger partial charge in [-0.1, -0.05) is 25.1 Å². The van der Waals surface area contributed by atoms with Gasteiger partial charge in [-0.2, -0.15) is 11.3 Å². The van der Waals surface area contributed by atoms with Gasteiger partial charge in [0.05, 0.1) is 0 Å². The van der Waals surface area contributed by atoms with E-state index >= 15 is 0 Å². The SMILES string of the molecule is CCNC(=NCc1nncn1-c1ccccc1)NCC(C)c1ccsc1.I. The first-order valence-electron chi connectivity index (χ1n) is 8.76. The highest BCUT2D eigenvalue weighted by Crippen LogP contribution is 2.17. The maximum Gasteiger partial charge on any atom is 0.191 e. The third-order valence-corrected chi connectivity index (χ3v) is 4.76. The fourth-order valence-corrected chi connectivity index (χ4v) is 3.37. The van der Waals surface area contributed by atoms with Crippen LogP contribution in [0.3, 0.4) is 0 Å². The summed E-state index contributed by atoms with van der Waals surface area (Å²) in [6, 6.07) is 12.2. The Morgan fingerprint density at radius 1 is 1.22 bits per heavy atom. The summed E-state index contributed by atoms with van der Waals surface area (Å²) in [6.07, 6.45) is 1.72. The number of benzene rings is 1. The number of aromatic nitrogens is 3. The van der Waals surface area contributed by atoms with Crippen molar-refractivity contribution >= 4 is 41.3 Å². The maximum absolute atomic E-state index is 4.67. The predicted molar refractivity (Wildman–Crippen MR) is 122 cm³/mol.